The Balaban J connectivity index is 4.22. The Bertz CT molecular complexity index is 282. The van der Waals surface area contributed by atoms with E-state index in [4.69, 9.17) is 10.2 Å². The standard InChI is InChI=1S/C8H14N2O5S/c1-4(11)7(14)10-5(3-16)8(15)9-2-6(12)13/h4-5,11,16H,2-3H2,1H3,(H,9,15)(H,10,14)(H,12,13)/t4-,5+/m1/s1. The minimum atomic E-state index is -1.24. The summed E-state index contributed by atoms with van der Waals surface area (Å²) < 4.78 is 0. The van der Waals surface area contributed by atoms with Crippen molar-refractivity contribution in [2.45, 2.75) is 19.1 Å². The highest BCUT2D eigenvalue weighted by Gasteiger charge is 2.21. The maximum Gasteiger partial charge on any atom is 0.322 e. The van der Waals surface area contributed by atoms with Crippen LogP contribution in [0, 0.1) is 0 Å². The number of aliphatic hydroxyl groups excluding tert-OH is 1. The van der Waals surface area contributed by atoms with E-state index >= 15 is 0 Å². The third-order valence-corrected chi connectivity index (χ3v) is 1.97. The van der Waals surface area contributed by atoms with Crippen molar-refractivity contribution in [3.8, 4) is 0 Å². The van der Waals surface area contributed by atoms with Crippen LogP contribution in [0.2, 0.25) is 0 Å². The molecule has 0 bridgehead atoms. The van der Waals surface area contributed by atoms with Gasteiger partial charge in [0.15, 0.2) is 0 Å². The van der Waals surface area contributed by atoms with Crippen LogP contribution in [0.1, 0.15) is 6.92 Å². The van der Waals surface area contributed by atoms with Gasteiger partial charge < -0.3 is 20.8 Å². The number of aliphatic hydroxyl groups is 1. The lowest BCUT2D eigenvalue weighted by atomic mass is 10.2. The molecule has 0 unspecified atom stereocenters. The second-order valence-electron chi connectivity index (χ2n) is 3.03. The summed E-state index contributed by atoms with van der Waals surface area (Å²) in [6, 6.07) is -0.968. The Morgan fingerprint density at radius 1 is 1.31 bits per heavy atom. The monoisotopic (exact) mass is 250 g/mol. The van der Waals surface area contributed by atoms with Gasteiger partial charge in [-0.3, -0.25) is 14.4 Å². The molecule has 0 saturated carbocycles. The first-order valence-electron chi connectivity index (χ1n) is 4.47. The largest absolute Gasteiger partial charge is 0.480 e. The number of amides is 2. The van der Waals surface area contributed by atoms with Gasteiger partial charge in [0.05, 0.1) is 0 Å². The van der Waals surface area contributed by atoms with E-state index in [2.05, 4.69) is 23.3 Å². The molecule has 0 aliphatic heterocycles. The molecule has 2 amide bonds. The number of carboxylic acid groups (broad SMARTS) is 1. The molecule has 0 aromatic carbocycles. The SMILES string of the molecule is C[C@@H](O)C(=O)N[C@@H](CS)C(=O)NCC(=O)O. The van der Waals surface area contributed by atoms with Gasteiger partial charge in [-0.25, -0.2) is 0 Å². The van der Waals surface area contributed by atoms with Crippen LogP contribution in [0.15, 0.2) is 0 Å². The number of hydrogen-bond donors (Lipinski definition) is 5. The van der Waals surface area contributed by atoms with E-state index in [1.807, 2.05) is 0 Å². The Hall–Kier alpha value is -1.28. The third kappa shape index (κ3) is 5.56. The van der Waals surface area contributed by atoms with Crippen molar-refractivity contribution in [1.82, 2.24) is 10.6 Å². The number of rotatable bonds is 6. The molecule has 8 heteroatoms. The van der Waals surface area contributed by atoms with Crippen molar-refractivity contribution in [2.75, 3.05) is 12.3 Å². The maximum atomic E-state index is 11.3. The van der Waals surface area contributed by atoms with Gasteiger partial charge in [-0.05, 0) is 6.92 Å². The van der Waals surface area contributed by atoms with E-state index in [9.17, 15) is 14.4 Å². The van der Waals surface area contributed by atoms with E-state index in [0.29, 0.717) is 0 Å². The number of thiol groups is 1. The summed E-state index contributed by atoms with van der Waals surface area (Å²) in [5, 5.41) is 21.5. The van der Waals surface area contributed by atoms with Crippen LogP contribution in [0.5, 0.6) is 0 Å². The maximum absolute atomic E-state index is 11.3. The van der Waals surface area contributed by atoms with Crippen LogP contribution in [0.3, 0.4) is 0 Å². The minimum Gasteiger partial charge on any atom is -0.480 e. The quantitative estimate of drug-likeness (QED) is 0.349. The third-order valence-electron chi connectivity index (χ3n) is 1.61. The molecule has 0 aliphatic carbocycles. The summed E-state index contributed by atoms with van der Waals surface area (Å²) in [4.78, 5) is 32.6. The van der Waals surface area contributed by atoms with Crippen molar-refractivity contribution in [1.29, 1.82) is 0 Å². The lowest BCUT2D eigenvalue weighted by Crippen LogP contribution is -2.51. The van der Waals surface area contributed by atoms with Gasteiger partial charge in [-0.1, -0.05) is 0 Å². The van der Waals surface area contributed by atoms with Crippen molar-refractivity contribution >= 4 is 30.4 Å². The number of carbonyl (C=O) groups excluding carboxylic acids is 2. The van der Waals surface area contributed by atoms with Gasteiger partial charge >= 0.3 is 5.97 Å². The zero-order valence-corrected chi connectivity index (χ0v) is 9.53. The topological polar surface area (TPSA) is 116 Å². The van der Waals surface area contributed by atoms with Gasteiger partial charge in [0, 0.05) is 5.75 Å². The summed E-state index contributed by atoms with van der Waals surface area (Å²) in [5.74, 6) is -2.56. The van der Waals surface area contributed by atoms with E-state index in [0.717, 1.165) is 0 Å². The number of aliphatic carboxylic acids is 1. The second-order valence-corrected chi connectivity index (χ2v) is 3.40. The van der Waals surface area contributed by atoms with Crippen molar-refractivity contribution in [3.63, 3.8) is 0 Å². The molecule has 0 aromatic rings. The van der Waals surface area contributed by atoms with Gasteiger partial charge in [-0.2, -0.15) is 12.6 Å². The molecule has 0 saturated heterocycles. The van der Waals surface area contributed by atoms with E-state index in [1.54, 1.807) is 0 Å². The van der Waals surface area contributed by atoms with Crippen LogP contribution >= 0.6 is 12.6 Å². The molecule has 16 heavy (non-hydrogen) atoms. The van der Waals surface area contributed by atoms with Gasteiger partial charge in [0.25, 0.3) is 0 Å². The van der Waals surface area contributed by atoms with Gasteiger partial charge in [0.1, 0.15) is 18.7 Å². The smallest absolute Gasteiger partial charge is 0.322 e. The highest BCUT2D eigenvalue weighted by Crippen LogP contribution is 1.91. The molecule has 92 valence electrons. The molecule has 4 N–H and O–H groups in total. The van der Waals surface area contributed by atoms with E-state index in [-0.39, 0.29) is 5.75 Å². The number of hydrogen-bond acceptors (Lipinski definition) is 5. The highest BCUT2D eigenvalue weighted by atomic mass is 32.1. The summed E-state index contributed by atoms with van der Waals surface area (Å²) in [5.41, 5.74) is 0. The summed E-state index contributed by atoms with van der Waals surface area (Å²) >= 11 is 3.84. The Labute approximate surface area is 97.6 Å². The normalized spacial score (nSPS) is 13.7. The Morgan fingerprint density at radius 2 is 1.88 bits per heavy atom. The number of carboxylic acids is 1. The molecule has 0 radical (unpaired) electrons. The number of nitrogens with one attached hydrogen (secondary N) is 2. The molecule has 0 aliphatic rings. The minimum absolute atomic E-state index is 0.00388. The van der Waals surface area contributed by atoms with Crippen molar-refractivity contribution in [3.05, 3.63) is 0 Å². The summed E-state index contributed by atoms with van der Waals surface area (Å²) in [6.07, 6.45) is -1.24. The molecular formula is C8H14N2O5S. The highest BCUT2D eigenvalue weighted by molar-refractivity contribution is 7.80. The van der Waals surface area contributed by atoms with E-state index in [1.165, 1.54) is 6.92 Å². The first-order valence-corrected chi connectivity index (χ1v) is 5.10. The van der Waals surface area contributed by atoms with Crippen molar-refractivity contribution in [2.24, 2.45) is 0 Å². The molecule has 0 spiro atoms. The predicted octanol–water partition coefficient (Wildman–Crippen LogP) is -2.02. The molecule has 0 heterocycles. The zero-order chi connectivity index (χ0) is 12.7. The van der Waals surface area contributed by atoms with E-state index < -0.39 is 36.5 Å². The van der Waals surface area contributed by atoms with Crippen molar-refractivity contribution < 1.29 is 24.6 Å². The van der Waals surface area contributed by atoms with Crippen LogP contribution in [0.4, 0.5) is 0 Å². The zero-order valence-electron chi connectivity index (χ0n) is 8.64. The average molecular weight is 250 g/mol. The summed E-state index contributed by atoms with van der Waals surface area (Å²) in [6.45, 7) is 0.716. The van der Waals surface area contributed by atoms with Crippen LogP contribution in [-0.4, -0.2) is 52.4 Å². The fraction of sp³-hybridized carbons (Fsp3) is 0.625. The second kappa shape index (κ2) is 7.07. The van der Waals surface area contributed by atoms with Crippen LogP contribution in [0.25, 0.3) is 0 Å². The molecular weight excluding hydrogens is 236 g/mol. The molecule has 0 aromatic heterocycles. The van der Waals surface area contributed by atoms with Crippen LogP contribution < -0.4 is 10.6 Å². The Kier molecular flexibility index (Phi) is 6.50. The average Bonchev–Trinajstić information content (AvgIpc) is 2.21. The molecule has 7 nitrogen and oxygen atoms in total. The molecule has 0 rings (SSSR count). The molecule has 0 fully saturated rings. The fourth-order valence-electron chi connectivity index (χ4n) is 0.772. The van der Waals surface area contributed by atoms with Gasteiger partial charge in [-0.15, -0.1) is 0 Å². The fourth-order valence-corrected chi connectivity index (χ4v) is 1.03. The van der Waals surface area contributed by atoms with Crippen LogP contribution in [-0.2, 0) is 14.4 Å². The first kappa shape index (κ1) is 14.7. The molecule has 2 atom stereocenters. The number of carbonyl (C=O) groups is 3. The Morgan fingerprint density at radius 3 is 2.25 bits per heavy atom. The predicted molar refractivity (Wildman–Crippen MR) is 58.1 cm³/mol. The van der Waals surface area contributed by atoms with Gasteiger partial charge in [0.2, 0.25) is 11.8 Å². The first-order chi connectivity index (χ1) is 7.38. The lowest BCUT2D eigenvalue weighted by molar-refractivity contribution is -0.138. The lowest BCUT2D eigenvalue weighted by Gasteiger charge is -2.16. The summed E-state index contributed by atoms with van der Waals surface area (Å²) in [7, 11) is 0.